The number of phenols is 2. The van der Waals surface area contributed by atoms with Gasteiger partial charge in [0.05, 0.1) is 24.7 Å². The first kappa shape index (κ1) is 34.3. The third-order valence-electron chi connectivity index (χ3n) is 8.31. The lowest BCUT2D eigenvalue weighted by molar-refractivity contribution is -0.284. The van der Waals surface area contributed by atoms with E-state index in [2.05, 4.69) is 6.92 Å². The average Bonchev–Trinajstić information content (AvgIpc) is 2.96. The third kappa shape index (κ3) is 8.80. The highest BCUT2D eigenvalue weighted by molar-refractivity contribution is 7.91. The van der Waals surface area contributed by atoms with Crippen LogP contribution in [0.25, 0.3) is 0 Å². The molecule has 0 bridgehead atoms. The van der Waals surface area contributed by atoms with E-state index in [1.165, 1.54) is 0 Å². The normalized spacial score (nSPS) is 18.7. The Bertz CT molecular complexity index is 1520. The van der Waals surface area contributed by atoms with Gasteiger partial charge < -0.3 is 19.7 Å². The molecule has 0 amide bonds. The van der Waals surface area contributed by atoms with Crippen molar-refractivity contribution in [2.24, 2.45) is 0 Å². The highest BCUT2D eigenvalue weighted by Gasteiger charge is 2.56. The standard InChI is InChI=1S/C33H37F5O6S/c1-31(24-9-11-25(39)12-10-24)22-44-30-21-26(40)13-16-28(30)29(31)6-2-18-43-27-14-7-23(8-15-27)5-3-19-45(41,42)20-4-17-32(34,35)33(36,37)38/h7-16,21,29,39-40H,2-6,17-20,22H2,1H3. The van der Waals surface area contributed by atoms with E-state index < -0.39 is 40.5 Å². The Hall–Kier alpha value is -3.54. The van der Waals surface area contributed by atoms with Gasteiger partial charge in [0, 0.05) is 23.8 Å². The summed E-state index contributed by atoms with van der Waals surface area (Å²) in [5, 5.41) is 19.8. The quantitative estimate of drug-likeness (QED) is 0.136. The van der Waals surface area contributed by atoms with Crippen LogP contribution >= 0.6 is 0 Å². The van der Waals surface area contributed by atoms with Crippen molar-refractivity contribution >= 4 is 9.84 Å². The Morgan fingerprint density at radius 3 is 2.20 bits per heavy atom. The van der Waals surface area contributed by atoms with Crippen LogP contribution in [0.1, 0.15) is 61.6 Å². The molecule has 0 saturated carbocycles. The first-order valence-electron chi connectivity index (χ1n) is 14.7. The summed E-state index contributed by atoms with van der Waals surface area (Å²) in [6.07, 6.45) is -5.92. The fraction of sp³-hybridized carbons (Fsp3) is 0.455. The third-order valence-corrected chi connectivity index (χ3v) is 10.1. The minimum Gasteiger partial charge on any atom is -0.508 e. The number of rotatable bonds is 14. The summed E-state index contributed by atoms with van der Waals surface area (Å²) in [5.41, 5.74) is 2.46. The fourth-order valence-corrected chi connectivity index (χ4v) is 7.06. The predicted molar refractivity (Wildman–Crippen MR) is 160 cm³/mol. The van der Waals surface area contributed by atoms with Crippen molar-refractivity contribution in [1.29, 1.82) is 0 Å². The zero-order valence-corrected chi connectivity index (χ0v) is 25.6. The van der Waals surface area contributed by atoms with E-state index in [-0.39, 0.29) is 35.0 Å². The second-order valence-corrected chi connectivity index (χ2v) is 14.0. The number of hydrogen-bond donors (Lipinski definition) is 2. The lowest BCUT2D eigenvalue weighted by Gasteiger charge is -2.43. The molecule has 0 saturated heterocycles. The molecule has 12 heteroatoms. The highest BCUT2D eigenvalue weighted by atomic mass is 32.2. The van der Waals surface area contributed by atoms with Crippen molar-refractivity contribution < 1.29 is 50.1 Å². The van der Waals surface area contributed by atoms with Gasteiger partial charge in [0.25, 0.3) is 0 Å². The van der Waals surface area contributed by atoms with Crippen molar-refractivity contribution in [2.45, 2.75) is 68.9 Å². The van der Waals surface area contributed by atoms with Crippen molar-refractivity contribution in [3.8, 4) is 23.0 Å². The number of aryl methyl sites for hydroxylation is 1. The van der Waals surface area contributed by atoms with E-state index in [0.717, 1.165) is 23.1 Å². The smallest absolute Gasteiger partial charge is 0.453 e. The molecule has 246 valence electrons. The second-order valence-electron chi connectivity index (χ2n) is 11.7. The van der Waals surface area contributed by atoms with E-state index in [4.69, 9.17) is 9.47 Å². The molecule has 1 aliphatic heterocycles. The van der Waals surface area contributed by atoms with Gasteiger partial charge in [-0.2, -0.15) is 22.0 Å². The summed E-state index contributed by atoms with van der Waals surface area (Å²) in [7, 11) is -3.76. The van der Waals surface area contributed by atoms with Crippen LogP contribution in [0.2, 0.25) is 0 Å². The second kappa shape index (κ2) is 13.8. The van der Waals surface area contributed by atoms with Crippen LogP contribution in [-0.4, -0.2) is 55.4 Å². The van der Waals surface area contributed by atoms with Crippen LogP contribution in [-0.2, 0) is 21.7 Å². The van der Waals surface area contributed by atoms with Crippen LogP contribution in [0.5, 0.6) is 23.0 Å². The number of fused-ring (bicyclic) bond motifs is 1. The summed E-state index contributed by atoms with van der Waals surface area (Å²) in [5.74, 6) is -4.29. The van der Waals surface area contributed by atoms with Gasteiger partial charge in [-0.05, 0) is 79.1 Å². The predicted octanol–water partition coefficient (Wildman–Crippen LogP) is 7.72. The summed E-state index contributed by atoms with van der Waals surface area (Å²) >= 11 is 0. The van der Waals surface area contributed by atoms with Crippen molar-refractivity contribution in [1.82, 2.24) is 0 Å². The molecular weight excluding hydrogens is 619 g/mol. The molecule has 0 aliphatic carbocycles. The van der Waals surface area contributed by atoms with E-state index in [1.54, 1.807) is 48.5 Å². The first-order chi connectivity index (χ1) is 21.1. The lowest BCUT2D eigenvalue weighted by Crippen LogP contribution is -2.40. The largest absolute Gasteiger partial charge is 0.508 e. The van der Waals surface area contributed by atoms with Gasteiger partial charge in [0.1, 0.15) is 32.8 Å². The molecule has 0 aromatic heterocycles. The van der Waals surface area contributed by atoms with Crippen LogP contribution in [0.15, 0.2) is 66.7 Å². The number of benzene rings is 3. The SMILES string of the molecule is CC1(c2ccc(O)cc2)COc2cc(O)ccc2C1CCCOc1ccc(CCCS(=O)(=O)CCCC(F)(F)C(F)(F)F)cc1. The van der Waals surface area contributed by atoms with Gasteiger partial charge in [-0.1, -0.05) is 37.3 Å². The molecule has 1 heterocycles. The van der Waals surface area contributed by atoms with Gasteiger partial charge in [0.2, 0.25) is 0 Å². The number of sulfone groups is 1. The molecule has 2 atom stereocenters. The number of hydrogen-bond acceptors (Lipinski definition) is 6. The maximum Gasteiger partial charge on any atom is 0.453 e. The van der Waals surface area contributed by atoms with Crippen molar-refractivity contribution in [3.63, 3.8) is 0 Å². The summed E-state index contributed by atoms with van der Waals surface area (Å²) < 4.78 is 99.1. The molecular formula is C33H37F5O6S. The Morgan fingerprint density at radius 1 is 0.889 bits per heavy atom. The van der Waals surface area contributed by atoms with E-state index >= 15 is 0 Å². The van der Waals surface area contributed by atoms with E-state index in [0.29, 0.717) is 37.6 Å². The monoisotopic (exact) mass is 656 g/mol. The highest BCUT2D eigenvalue weighted by Crippen LogP contribution is 2.49. The van der Waals surface area contributed by atoms with Crippen LogP contribution in [0.3, 0.4) is 0 Å². The number of phenolic OH excluding ortho intramolecular Hbond substituents is 2. The molecule has 0 spiro atoms. The summed E-state index contributed by atoms with van der Waals surface area (Å²) in [6, 6.07) is 19.4. The first-order valence-corrected chi connectivity index (χ1v) is 16.5. The van der Waals surface area contributed by atoms with E-state index in [1.807, 2.05) is 18.2 Å². The molecule has 4 rings (SSSR count). The minimum atomic E-state index is -5.69. The Balaban J connectivity index is 1.26. The van der Waals surface area contributed by atoms with Gasteiger partial charge >= 0.3 is 12.1 Å². The molecule has 2 N–H and O–H groups in total. The zero-order valence-electron chi connectivity index (χ0n) is 24.8. The Morgan fingerprint density at radius 2 is 1.53 bits per heavy atom. The zero-order chi connectivity index (χ0) is 32.9. The van der Waals surface area contributed by atoms with Gasteiger partial charge in [-0.25, -0.2) is 8.42 Å². The maximum absolute atomic E-state index is 13.0. The average molecular weight is 657 g/mol. The molecule has 2 unspecified atom stereocenters. The molecule has 45 heavy (non-hydrogen) atoms. The molecule has 0 fully saturated rings. The molecule has 3 aromatic carbocycles. The number of ether oxygens (including phenoxy) is 2. The molecule has 0 radical (unpaired) electrons. The van der Waals surface area contributed by atoms with Crippen LogP contribution in [0.4, 0.5) is 22.0 Å². The molecule has 6 nitrogen and oxygen atoms in total. The molecule has 3 aromatic rings. The fourth-order valence-electron chi connectivity index (χ4n) is 5.69. The van der Waals surface area contributed by atoms with Crippen LogP contribution in [0, 0.1) is 0 Å². The summed E-state index contributed by atoms with van der Waals surface area (Å²) in [6.45, 7) is 2.95. The van der Waals surface area contributed by atoms with Gasteiger partial charge in [-0.15, -0.1) is 0 Å². The van der Waals surface area contributed by atoms with Gasteiger partial charge in [-0.3, -0.25) is 0 Å². The molecule has 1 aliphatic rings. The van der Waals surface area contributed by atoms with Gasteiger partial charge in [0.15, 0.2) is 0 Å². The topological polar surface area (TPSA) is 93.1 Å². The van der Waals surface area contributed by atoms with Crippen molar-refractivity contribution in [3.05, 3.63) is 83.4 Å². The lowest BCUT2D eigenvalue weighted by atomic mass is 9.66. The number of alkyl halides is 5. The maximum atomic E-state index is 13.0. The number of aromatic hydroxyl groups is 2. The van der Waals surface area contributed by atoms with E-state index in [9.17, 15) is 40.6 Å². The Labute approximate surface area is 259 Å². The minimum absolute atomic E-state index is 0.0507. The Kier molecular flexibility index (Phi) is 10.6. The summed E-state index contributed by atoms with van der Waals surface area (Å²) in [4.78, 5) is 0. The van der Waals surface area contributed by atoms with Crippen molar-refractivity contribution in [2.75, 3.05) is 24.7 Å². The van der Waals surface area contributed by atoms with Crippen LogP contribution < -0.4 is 9.47 Å². The number of halogens is 5.